The van der Waals surface area contributed by atoms with Gasteiger partial charge in [-0.15, -0.1) is 0 Å². The molecule has 6 heteroatoms. The van der Waals surface area contributed by atoms with Gasteiger partial charge in [0.1, 0.15) is 5.82 Å². The molecule has 1 aromatic heterocycles. The van der Waals surface area contributed by atoms with E-state index in [2.05, 4.69) is 38.4 Å². The summed E-state index contributed by atoms with van der Waals surface area (Å²) < 4.78 is 2.10. The van der Waals surface area contributed by atoms with Crippen molar-refractivity contribution in [2.45, 2.75) is 13.0 Å². The monoisotopic (exact) mass is 347 g/mol. The molecule has 3 rings (SSSR count). The van der Waals surface area contributed by atoms with Crippen molar-refractivity contribution in [3.8, 4) is 11.4 Å². The first-order valence-electron chi connectivity index (χ1n) is 8.59. The van der Waals surface area contributed by atoms with Crippen molar-refractivity contribution in [1.29, 1.82) is 0 Å². The molecule has 0 amide bonds. The van der Waals surface area contributed by atoms with E-state index in [1.54, 1.807) is 0 Å². The van der Waals surface area contributed by atoms with Crippen molar-refractivity contribution in [3.05, 3.63) is 41.2 Å². The third-order valence-corrected chi connectivity index (χ3v) is 5.24. The van der Waals surface area contributed by atoms with Gasteiger partial charge in [-0.05, 0) is 6.54 Å². The number of likely N-dealkylation sites (N-methyl/N-ethyl adjacent to an activating group) is 1. The fourth-order valence-electron chi connectivity index (χ4n) is 3.51. The Balaban J connectivity index is 1.89. The minimum Gasteiger partial charge on any atom is -0.329 e. The zero-order chi connectivity index (χ0) is 17.1. The molecule has 2 heterocycles. The minimum absolute atomic E-state index is 0.103. The van der Waals surface area contributed by atoms with E-state index in [9.17, 15) is 0 Å². The average molecular weight is 348 g/mol. The van der Waals surface area contributed by atoms with Gasteiger partial charge in [0.05, 0.1) is 11.7 Å². The molecule has 24 heavy (non-hydrogen) atoms. The van der Waals surface area contributed by atoms with Gasteiger partial charge in [0.25, 0.3) is 0 Å². The van der Waals surface area contributed by atoms with Gasteiger partial charge in [-0.2, -0.15) is 0 Å². The Hall–Kier alpha value is -1.40. The van der Waals surface area contributed by atoms with E-state index in [0.717, 1.165) is 49.8 Å². The molecule has 0 aliphatic carbocycles. The Morgan fingerprint density at radius 1 is 1.17 bits per heavy atom. The maximum atomic E-state index is 6.52. The topological polar surface area (TPSA) is 50.3 Å². The zero-order valence-electron chi connectivity index (χ0n) is 14.5. The molecule has 0 bridgehead atoms. The molecule has 0 saturated carbocycles. The summed E-state index contributed by atoms with van der Waals surface area (Å²) in [7, 11) is 2.03. The lowest BCUT2D eigenvalue weighted by molar-refractivity contribution is 0.0992. The first-order valence-corrected chi connectivity index (χ1v) is 8.97. The number of rotatable bonds is 5. The van der Waals surface area contributed by atoms with E-state index < -0.39 is 0 Å². The standard InChI is InChI=1S/C18H26ClN5/c1-3-23-9-11-24(12-10-23)15(13-20)16-17(19)21-18(22(16)2)14-7-5-4-6-8-14/h4-8,15H,3,9-13,20H2,1-2H3. The lowest BCUT2D eigenvalue weighted by Gasteiger charge is -2.38. The van der Waals surface area contributed by atoms with Crippen LogP contribution >= 0.6 is 11.6 Å². The number of nitrogens with zero attached hydrogens (tertiary/aromatic N) is 4. The van der Waals surface area contributed by atoms with Crippen LogP contribution in [0.3, 0.4) is 0 Å². The largest absolute Gasteiger partial charge is 0.329 e. The molecule has 1 saturated heterocycles. The highest BCUT2D eigenvalue weighted by atomic mass is 35.5. The third kappa shape index (κ3) is 3.35. The van der Waals surface area contributed by atoms with Crippen molar-refractivity contribution in [2.75, 3.05) is 39.3 Å². The number of hydrogen-bond donors (Lipinski definition) is 1. The van der Waals surface area contributed by atoms with Crippen LogP contribution in [-0.4, -0.2) is 58.6 Å². The van der Waals surface area contributed by atoms with E-state index in [1.807, 2.05) is 25.2 Å². The van der Waals surface area contributed by atoms with Crippen LogP contribution in [0.5, 0.6) is 0 Å². The maximum absolute atomic E-state index is 6.52. The normalized spacial score (nSPS) is 18.0. The van der Waals surface area contributed by atoms with Gasteiger partial charge in [-0.25, -0.2) is 4.98 Å². The van der Waals surface area contributed by atoms with Gasteiger partial charge in [-0.1, -0.05) is 48.9 Å². The quantitative estimate of drug-likeness (QED) is 0.902. The summed E-state index contributed by atoms with van der Waals surface area (Å²) in [4.78, 5) is 9.51. The third-order valence-electron chi connectivity index (χ3n) is 4.96. The summed E-state index contributed by atoms with van der Waals surface area (Å²) in [6, 6.07) is 10.3. The summed E-state index contributed by atoms with van der Waals surface area (Å²) in [6.45, 7) is 8.03. The van der Waals surface area contributed by atoms with Crippen molar-refractivity contribution in [2.24, 2.45) is 12.8 Å². The summed E-state index contributed by atoms with van der Waals surface area (Å²) in [5.74, 6) is 0.890. The molecule has 1 aliphatic rings. The number of piperazine rings is 1. The Bertz CT molecular complexity index is 662. The number of halogens is 1. The Labute approximate surface area is 149 Å². The fourth-order valence-corrected chi connectivity index (χ4v) is 3.84. The minimum atomic E-state index is 0.103. The Morgan fingerprint density at radius 3 is 2.42 bits per heavy atom. The van der Waals surface area contributed by atoms with Crippen LogP contribution in [0, 0.1) is 0 Å². The van der Waals surface area contributed by atoms with E-state index >= 15 is 0 Å². The molecule has 0 radical (unpaired) electrons. The second-order valence-electron chi connectivity index (χ2n) is 6.26. The molecule has 1 aromatic carbocycles. The second-order valence-corrected chi connectivity index (χ2v) is 6.62. The highest BCUT2D eigenvalue weighted by molar-refractivity contribution is 6.30. The van der Waals surface area contributed by atoms with E-state index in [1.165, 1.54) is 0 Å². The van der Waals surface area contributed by atoms with E-state index in [0.29, 0.717) is 11.7 Å². The van der Waals surface area contributed by atoms with Gasteiger partial charge in [0.15, 0.2) is 5.15 Å². The zero-order valence-corrected chi connectivity index (χ0v) is 15.2. The Morgan fingerprint density at radius 2 is 1.83 bits per heavy atom. The van der Waals surface area contributed by atoms with Gasteiger partial charge >= 0.3 is 0 Å². The van der Waals surface area contributed by atoms with Crippen LogP contribution in [0.25, 0.3) is 11.4 Å². The molecular weight excluding hydrogens is 322 g/mol. The van der Waals surface area contributed by atoms with Gasteiger partial charge in [0, 0.05) is 45.3 Å². The molecule has 5 nitrogen and oxygen atoms in total. The lowest BCUT2D eigenvalue weighted by atomic mass is 10.1. The molecule has 1 fully saturated rings. The number of nitrogens with two attached hydrogens (primary N) is 1. The highest BCUT2D eigenvalue weighted by Crippen LogP contribution is 2.31. The highest BCUT2D eigenvalue weighted by Gasteiger charge is 2.29. The van der Waals surface area contributed by atoms with Crippen LogP contribution in [0.2, 0.25) is 5.15 Å². The average Bonchev–Trinajstić information content (AvgIpc) is 2.92. The first kappa shape index (κ1) is 17.4. The number of hydrogen-bond acceptors (Lipinski definition) is 4. The SMILES string of the molecule is CCN1CCN(C(CN)c2c(Cl)nc(-c3ccccc3)n2C)CC1. The molecular formula is C18H26ClN5. The van der Waals surface area contributed by atoms with Crippen LogP contribution in [-0.2, 0) is 7.05 Å². The molecule has 1 aliphatic heterocycles. The van der Waals surface area contributed by atoms with Gasteiger partial charge < -0.3 is 15.2 Å². The first-order chi connectivity index (χ1) is 11.7. The molecule has 1 unspecified atom stereocenters. The number of aromatic nitrogens is 2. The van der Waals surface area contributed by atoms with Crippen molar-refractivity contribution >= 4 is 11.6 Å². The predicted molar refractivity (Wildman–Crippen MR) is 99.1 cm³/mol. The molecule has 2 N–H and O–H groups in total. The lowest BCUT2D eigenvalue weighted by Crippen LogP contribution is -2.49. The van der Waals surface area contributed by atoms with Crippen molar-refractivity contribution in [3.63, 3.8) is 0 Å². The molecule has 0 spiro atoms. The molecule has 130 valence electrons. The van der Waals surface area contributed by atoms with E-state index in [4.69, 9.17) is 17.3 Å². The van der Waals surface area contributed by atoms with Crippen molar-refractivity contribution < 1.29 is 0 Å². The number of imidazole rings is 1. The van der Waals surface area contributed by atoms with Crippen LogP contribution < -0.4 is 5.73 Å². The summed E-state index contributed by atoms with van der Waals surface area (Å²) in [6.07, 6.45) is 0. The summed E-state index contributed by atoms with van der Waals surface area (Å²) in [5, 5.41) is 0.560. The van der Waals surface area contributed by atoms with Crippen LogP contribution in [0.1, 0.15) is 18.7 Å². The smallest absolute Gasteiger partial charge is 0.152 e. The molecule has 1 atom stereocenters. The molecule has 2 aromatic rings. The van der Waals surface area contributed by atoms with Crippen LogP contribution in [0.15, 0.2) is 30.3 Å². The van der Waals surface area contributed by atoms with Crippen molar-refractivity contribution in [1.82, 2.24) is 19.4 Å². The predicted octanol–water partition coefficient (Wildman–Crippen LogP) is 2.38. The van der Waals surface area contributed by atoms with E-state index in [-0.39, 0.29) is 6.04 Å². The second kappa shape index (κ2) is 7.66. The Kier molecular flexibility index (Phi) is 5.56. The van der Waals surface area contributed by atoms with Gasteiger partial charge in [-0.3, -0.25) is 4.90 Å². The maximum Gasteiger partial charge on any atom is 0.152 e. The van der Waals surface area contributed by atoms with Gasteiger partial charge in [0.2, 0.25) is 0 Å². The number of benzene rings is 1. The summed E-state index contributed by atoms with van der Waals surface area (Å²) in [5.41, 5.74) is 8.22. The van der Waals surface area contributed by atoms with Crippen LogP contribution in [0.4, 0.5) is 0 Å². The fraction of sp³-hybridized carbons (Fsp3) is 0.500. The summed E-state index contributed by atoms with van der Waals surface area (Å²) >= 11 is 6.52.